The summed E-state index contributed by atoms with van der Waals surface area (Å²) in [7, 11) is 1.49. The van der Waals surface area contributed by atoms with E-state index >= 15 is 0 Å². The van der Waals surface area contributed by atoms with E-state index in [1.807, 2.05) is 6.07 Å². The van der Waals surface area contributed by atoms with Crippen molar-refractivity contribution in [3.63, 3.8) is 0 Å². The van der Waals surface area contributed by atoms with E-state index in [2.05, 4.69) is 5.32 Å². The number of amides is 1. The first kappa shape index (κ1) is 12.1. The largest absolute Gasteiger partial charge is 0.412 e. The van der Waals surface area contributed by atoms with Crippen LogP contribution in [0.5, 0.6) is 5.75 Å². The normalized spacial score (nSPS) is 9.80. The highest BCUT2D eigenvalue weighted by Gasteiger charge is 2.10. The third kappa shape index (κ3) is 3.01. The van der Waals surface area contributed by atoms with E-state index < -0.39 is 6.09 Å². The van der Waals surface area contributed by atoms with Crippen LogP contribution < -0.4 is 10.1 Å². The number of carbonyl (C=O) groups is 1. The molecular formula is C10H11Cl2NO2. The molecule has 1 rings (SSSR count). The molecule has 3 nitrogen and oxygen atoms in total. The zero-order chi connectivity index (χ0) is 11.3. The van der Waals surface area contributed by atoms with Gasteiger partial charge in [-0.3, -0.25) is 0 Å². The number of carbonyl (C=O) groups excluding carboxylic acids is 1. The van der Waals surface area contributed by atoms with Crippen molar-refractivity contribution in [2.45, 2.75) is 11.8 Å². The second-order valence-corrected chi connectivity index (χ2v) is 3.34. The number of rotatable bonds is 3. The number of benzene rings is 1. The summed E-state index contributed by atoms with van der Waals surface area (Å²) in [5, 5.41) is 2.37. The van der Waals surface area contributed by atoms with Gasteiger partial charge in [0.1, 0.15) is 5.75 Å². The highest BCUT2D eigenvalue weighted by molar-refractivity contribution is 6.19. The molecule has 0 radical (unpaired) electrons. The van der Waals surface area contributed by atoms with E-state index in [9.17, 15) is 4.79 Å². The maximum absolute atomic E-state index is 11.0. The van der Waals surface area contributed by atoms with Gasteiger partial charge in [-0.25, -0.2) is 4.79 Å². The van der Waals surface area contributed by atoms with Crippen molar-refractivity contribution in [2.75, 3.05) is 7.05 Å². The fourth-order valence-electron chi connectivity index (χ4n) is 1.13. The van der Waals surface area contributed by atoms with E-state index in [0.29, 0.717) is 11.6 Å². The molecule has 1 amide bonds. The molecule has 0 fully saturated rings. The lowest BCUT2D eigenvalue weighted by Crippen LogP contribution is -2.22. The van der Waals surface area contributed by atoms with Crippen LogP contribution in [-0.4, -0.2) is 13.1 Å². The standard InChI is InChI=1S/C10H11Cl2NO2/c1-13-10(14)15-9-4-2-3-7(5-11)8(9)6-12/h2-4H,5-6H2,1H3,(H,13,14). The van der Waals surface area contributed by atoms with Gasteiger partial charge in [0.15, 0.2) is 0 Å². The molecule has 0 saturated carbocycles. The summed E-state index contributed by atoms with van der Waals surface area (Å²) in [4.78, 5) is 11.0. The van der Waals surface area contributed by atoms with Crippen LogP contribution in [0, 0.1) is 0 Å². The molecule has 0 spiro atoms. The number of alkyl halides is 2. The Labute approximate surface area is 98.3 Å². The second-order valence-electron chi connectivity index (χ2n) is 2.80. The van der Waals surface area contributed by atoms with Crippen molar-refractivity contribution >= 4 is 29.3 Å². The van der Waals surface area contributed by atoms with Gasteiger partial charge in [0.2, 0.25) is 0 Å². The Kier molecular flexibility index (Phi) is 4.72. The summed E-state index contributed by atoms with van der Waals surface area (Å²) in [6.45, 7) is 0. The molecule has 5 heteroatoms. The Morgan fingerprint density at radius 1 is 1.40 bits per heavy atom. The Morgan fingerprint density at radius 2 is 2.13 bits per heavy atom. The maximum atomic E-state index is 11.0. The molecule has 0 saturated heterocycles. The third-order valence-corrected chi connectivity index (χ3v) is 2.47. The van der Waals surface area contributed by atoms with Crippen LogP contribution >= 0.6 is 23.2 Å². The predicted octanol–water partition coefficient (Wildman–Crippen LogP) is 2.88. The van der Waals surface area contributed by atoms with Gasteiger partial charge in [0, 0.05) is 18.5 Å². The minimum atomic E-state index is -0.520. The number of ether oxygens (including phenoxy) is 1. The average Bonchev–Trinajstić information content (AvgIpc) is 2.28. The van der Waals surface area contributed by atoms with Gasteiger partial charge in [-0.15, -0.1) is 23.2 Å². The van der Waals surface area contributed by atoms with Crippen molar-refractivity contribution in [3.8, 4) is 5.75 Å². The average molecular weight is 248 g/mol. The van der Waals surface area contributed by atoms with Crippen LogP contribution in [0.15, 0.2) is 18.2 Å². The highest BCUT2D eigenvalue weighted by atomic mass is 35.5. The van der Waals surface area contributed by atoms with Crippen LogP contribution in [0.4, 0.5) is 4.79 Å². The number of hydrogen-bond donors (Lipinski definition) is 1. The lowest BCUT2D eigenvalue weighted by Gasteiger charge is -2.10. The van der Waals surface area contributed by atoms with E-state index in [4.69, 9.17) is 27.9 Å². The molecular weight excluding hydrogens is 237 g/mol. The molecule has 82 valence electrons. The van der Waals surface area contributed by atoms with E-state index in [1.54, 1.807) is 12.1 Å². The monoisotopic (exact) mass is 247 g/mol. The van der Waals surface area contributed by atoms with Gasteiger partial charge in [-0.05, 0) is 11.6 Å². The third-order valence-electron chi connectivity index (χ3n) is 1.91. The van der Waals surface area contributed by atoms with Crippen molar-refractivity contribution in [2.24, 2.45) is 0 Å². The lowest BCUT2D eigenvalue weighted by atomic mass is 10.1. The van der Waals surface area contributed by atoms with Crippen molar-refractivity contribution in [1.29, 1.82) is 0 Å². The smallest absolute Gasteiger partial charge is 0.410 e. The molecule has 0 aliphatic rings. The molecule has 0 unspecified atom stereocenters. The van der Waals surface area contributed by atoms with Gasteiger partial charge >= 0.3 is 6.09 Å². The summed E-state index contributed by atoms with van der Waals surface area (Å²) in [6.07, 6.45) is -0.520. The minimum absolute atomic E-state index is 0.259. The van der Waals surface area contributed by atoms with Gasteiger partial charge in [0.25, 0.3) is 0 Å². The SMILES string of the molecule is CNC(=O)Oc1cccc(CCl)c1CCl. The summed E-state index contributed by atoms with van der Waals surface area (Å²) in [5.74, 6) is 1.05. The fourth-order valence-corrected chi connectivity index (χ4v) is 1.69. The van der Waals surface area contributed by atoms with Crippen LogP contribution in [0.3, 0.4) is 0 Å². The van der Waals surface area contributed by atoms with Gasteiger partial charge in [-0.2, -0.15) is 0 Å². The quantitative estimate of drug-likeness (QED) is 0.835. The molecule has 0 aliphatic carbocycles. The van der Waals surface area contributed by atoms with Gasteiger partial charge < -0.3 is 10.1 Å². The Balaban J connectivity index is 3.00. The predicted molar refractivity (Wildman–Crippen MR) is 60.6 cm³/mol. The summed E-state index contributed by atoms with van der Waals surface area (Å²) in [6, 6.07) is 5.30. The minimum Gasteiger partial charge on any atom is -0.410 e. The molecule has 1 aromatic carbocycles. The molecule has 0 heterocycles. The lowest BCUT2D eigenvalue weighted by molar-refractivity contribution is 0.202. The van der Waals surface area contributed by atoms with E-state index in [-0.39, 0.29) is 5.88 Å². The Bertz CT molecular complexity index is 355. The second kappa shape index (κ2) is 5.83. The molecule has 0 bridgehead atoms. The first-order chi connectivity index (χ1) is 7.22. The summed E-state index contributed by atoms with van der Waals surface area (Å²) < 4.78 is 5.03. The van der Waals surface area contributed by atoms with E-state index in [0.717, 1.165) is 11.1 Å². The van der Waals surface area contributed by atoms with Crippen LogP contribution in [0.25, 0.3) is 0 Å². The first-order valence-corrected chi connectivity index (χ1v) is 5.42. The highest BCUT2D eigenvalue weighted by Crippen LogP contribution is 2.25. The van der Waals surface area contributed by atoms with Gasteiger partial charge in [-0.1, -0.05) is 12.1 Å². The maximum Gasteiger partial charge on any atom is 0.412 e. The number of nitrogens with one attached hydrogen (secondary N) is 1. The van der Waals surface area contributed by atoms with Crippen molar-refractivity contribution < 1.29 is 9.53 Å². The first-order valence-electron chi connectivity index (χ1n) is 4.35. The Morgan fingerprint density at radius 3 is 2.67 bits per heavy atom. The molecule has 0 atom stereocenters. The molecule has 0 aliphatic heterocycles. The van der Waals surface area contributed by atoms with Gasteiger partial charge in [0.05, 0.1) is 5.88 Å². The molecule has 1 N–H and O–H groups in total. The molecule has 0 aromatic heterocycles. The van der Waals surface area contributed by atoms with Crippen LogP contribution in [0.1, 0.15) is 11.1 Å². The van der Waals surface area contributed by atoms with Crippen LogP contribution in [-0.2, 0) is 11.8 Å². The zero-order valence-corrected chi connectivity index (χ0v) is 9.73. The van der Waals surface area contributed by atoms with Crippen molar-refractivity contribution in [1.82, 2.24) is 5.32 Å². The van der Waals surface area contributed by atoms with Crippen LogP contribution in [0.2, 0.25) is 0 Å². The Hall–Kier alpha value is -0.930. The molecule has 1 aromatic rings. The summed E-state index contributed by atoms with van der Waals surface area (Å²) in [5.41, 5.74) is 1.62. The topological polar surface area (TPSA) is 38.3 Å². The number of halogens is 2. The molecule has 15 heavy (non-hydrogen) atoms. The fraction of sp³-hybridized carbons (Fsp3) is 0.300. The summed E-state index contributed by atoms with van der Waals surface area (Å²) >= 11 is 11.5. The number of hydrogen-bond acceptors (Lipinski definition) is 2. The van der Waals surface area contributed by atoms with Crippen molar-refractivity contribution in [3.05, 3.63) is 29.3 Å². The van der Waals surface area contributed by atoms with E-state index in [1.165, 1.54) is 7.05 Å². The zero-order valence-electron chi connectivity index (χ0n) is 8.22.